The maximum Gasteiger partial charge on any atom is 0.262 e. The highest BCUT2D eigenvalue weighted by molar-refractivity contribution is 9.10. The van der Waals surface area contributed by atoms with Crippen LogP contribution in [0.4, 0.5) is 5.69 Å². The van der Waals surface area contributed by atoms with Crippen molar-refractivity contribution in [1.29, 1.82) is 0 Å². The average Bonchev–Trinajstić information content (AvgIpc) is 2.86. The number of dihydropyridines is 1. The number of carbonyl (C=O) groups excluding carboxylic acids is 3. The van der Waals surface area contributed by atoms with Gasteiger partial charge in [-0.1, -0.05) is 39.3 Å². The fraction of sp³-hybridized carbons (Fsp3) is 0.406. The molecule has 0 saturated heterocycles. The third-order valence-electron chi connectivity index (χ3n) is 7.78. The topological polar surface area (TPSA) is 93.7 Å². The molecule has 0 saturated carbocycles. The molecule has 41 heavy (non-hydrogen) atoms. The van der Waals surface area contributed by atoms with E-state index in [1.165, 1.54) is 7.11 Å². The van der Waals surface area contributed by atoms with Crippen molar-refractivity contribution in [1.82, 2.24) is 5.32 Å². The maximum absolute atomic E-state index is 13.6. The van der Waals surface area contributed by atoms with Crippen LogP contribution in [0.2, 0.25) is 5.02 Å². The van der Waals surface area contributed by atoms with Crippen LogP contribution in [0.1, 0.15) is 64.9 Å². The van der Waals surface area contributed by atoms with Crippen molar-refractivity contribution in [3.8, 4) is 11.5 Å². The van der Waals surface area contributed by atoms with Crippen LogP contribution in [0.3, 0.4) is 0 Å². The number of halogens is 2. The molecule has 216 valence electrons. The zero-order valence-electron chi connectivity index (χ0n) is 23.9. The van der Waals surface area contributed by atoms with Crippen LogP contribution in [0.15, 0.2) is 63.4 Å². The molecule has 9 heteroatoms. The van der Waals surface area contributed by atoms with Gasteiger partial charge in [-0.25, -0.2) is 0 Å². The molecule has 0 aromatic heterocycles. The Hall–Kier alpha value is -3.10. The van der Waals surface area contributed by atoms with E-state index >= 15 is 0 Å². The second kappa shape index (κ2) is 11.0. The lowest BCUT2D eigenvalue weighted by Crippen LogP contribution is -2.42. The maximum atomic E-state index is 13.6. The number of anilines is 1. The summed E-state index contributed by atoms with van der Waals surface area (Å²) in [6, 6.07) is 10.5. The van der Waals surface area contributed by atoms with E-state index in [1.807, 2.05) is 12.1 Å². The molecular weight excluding hydrogens is 608 g/mol. The van der Waals surface area contributed by atoms with Crippen LogP contribution in [-0.2, 0) is 14.4 Å². The normalized spacial score (nSPS) is 19.8. The number of hydrogen-bond acceptors (Lipinski definition) is 6. The van der Waals surface area contributed by atoms with Gasteiger partial charge in [0.1, 0.15) is 0 Å². The van der Waals surface area contributed by atoms with Crippen LogP contribution < -0.4 is 20.1 Å². The Kier molecular flexibility index (Phi) is 7.85. The van der Waals surface area contributed by atoms with Gasteiger partial charge in [-0.3, -0.25) is 14.4 Å². The summed E-state index contributed by atoms with van der Waals surface area (Å²) in [6.45, 7) is 8.14. The minimum atomic E-state index is -0.513. The predicted octanol–water partition coefficient (Wildman–Crippen LogP) is 7.10. The monoisotopic (exact) mass is 640 g/mol. The molecule has 0 atom stereocenters. The van der Waals surface area contributed by atoms with Crippen molar-refractivity contribution >= 4 is 50.7 Å². The highest BCUT2D eigenvalue weighted by atomic mass is 79.9. The van der Waals surface area contributed by atoms with Crippen molar-refractivity contribution < 1.29 is 23.9 Å². The van der Waals surface area contributed by atoms with Crippen LogP contribution in [0, 0.1) is 10.8 Å². The quantitative estimate of drug-likeness (QED) is 0.350. The van der Waals surface area contributed by atoms with Gasteiger partial charge in [0.25, 0.3) is 5.91 Å². The first kappa shape index (κ1) is 29.4. The second-order valence-corrected chi connectivity index (χ2v) is 13.9. The number of allylic oxidation sites excluding steroid dienone is 4. The fourth-order valence-electron chi connectivity index (χ4n) is 6.14. The summed E-state index contributed by atoms with van der Waals surface area (Å²) in [5.74, 6) is -0.0183. The van der Waals surface area contributed by atoms with Crippen molar-refractivity contribution in [3.63, 3.8) is 0 Å². The molecule has 2 aliphatic carbocycles. The molecule has 0 bridgehead atoms. The van der Waals surface area contributed by atoms with Gasteiger partial charge in [0, 0.05) is 52.0 Å². The molecule has 0 unspecified atom stereocenters. The van der Waals surface area contributed by atoms with E-state index in [4.69, 9.17) is 21.1 Å². The first-order chi connectivity index (χ1) is 19.3. The number of ether oxygens (including phenoxy) is 2. The lowest BCUT2D eigenvalue weighted by molar-refractivity contribution is -0.119. The molecule has 1 heterocycles. The van der Waals surface area contributed by atoms with Crippen LogP contribution in [-0.4, -0.2) is 31.2 Å². The van der Waals surface area contributed by atoms with Gasteiger partial charge >= 0.3 is 0 Å². The summed E-state index contributed by atoms with van der Waals surface area (Å²) in [6.07, 6.45) is 2.26. The van der Waals surface area contributed by atoms with Gasteiger partial charge in [0.15, 0.2) is 29.7 Å². The van der Waals surface area contributed by atoms with E-state index in [0.717, 1.165) is 29.8 Å². The largest absolute Gasteiger partial charge is 0.493 e. The summed E-state index contributed by atoms with van der Waals surface area (Å²) in [5, 5.41) is 6.88. The zero-order valence-corrected chi connectivity index (χ0v) is 26.2. The van der Waals surface area contributed by atoms with Crippen molar-refractivity contribution in [2.24, 2.45) is 10.8 Å². The van der Waals surface area contributed by atoms with Crippen molar-refractivity contribution in [2.75, 3.05) is 19.0 Å². The standard InChI is InChI=1S/C32H34BrClN2O5/c1-31(2)12-21-28(23(37)14-31)27(29-22(36-21)13-32(3,4)15-24(29)38)17-10-20(33)30(25(11-17)40-5)41-16-26(39)35-19-8-6-18(34)7-9-19/h6-11,27,36H,12-16H2,1-5H3,(H,35,39). The molecule has 2 aromatic rings. The molecule has 2 aromatic carbocycles. The smallest absolute Gasteiger partial charge is 0.262 e. The molecule has 5 rings (SSSR count). The Morgan fingerprint density at radius 1 is 0.976 bits per heavy atom. The van der Waals surface area contributed by atoms with E-state index in [2.05, 4.69) is 54.3 Å². The Labute approximate surface area is 253 Å². The lowest BCUT2D eigenvalue weighted by Gasteiger charge is -2.44. The number of amides is 1. The second-order valence-electron chi connectivity index (χ2n) is 12.6. The number of Topliss-reactive ketones (excluding diaryl/α,β-unsaturated/α-hetero) is 2. The Morgan fingerprint density at radius 3 is 2.07 bits per heavy atom. The molecule has 3 aliphatic rings. The third-order valence-corrected chi connectivity index (χ3v) is 8.62. The van der Waals surface area contributed by atoms with Gasteiger partial charge in [-0.15, -0.1) is 0 Å². The molecule has 0 fully saturated rings. The number of benzene rings is 2. The van der Waals surface area contributed by atoms with E-state index < -0.39 is 5.92 Å². The van der Waals surface area contributed by atoms with Crippen LogP contribution in [0.25, 0.3) is 0 Å². The Bertz CT molecular complexity index is 1450. The minimum Gasteiger partial charge on any atom is -0.493 e. The highest BCUT2D eigenvalue weighted by Crippen LogP contribution is 2.52. The third kappa shape index (κ3) is 6.09. The first-order valence-electron chi connectivity index (χ1n) is 13.6. The van der Waals surface area contributed by atoms with Gasteiger partial charge in [0.05, 0.1) is 11.6 Å². The summed E-state index contributed by atoms with van der Waals surface area (Å²) < 4.78 is 12.1. The molecule has 2 N–H and O–H groups in total. The van der Waals surface area contributed by atoms with E-state index in [-0.39, 0.29) is 34.9 Å². The summed E-state index contributed by atoms with van der Waals surface area (Å²) in [7, 11) is 1.52. The Morgan fingerprint density at radius 2 is 1.54 bits per heavy atom. The van der Waals surface area contributed by atoms with E-state index in [9.17, 15) is 14.4 Å². The van der Waals surface area contributed by atoms with Crippen molar-refractivity contribution in [2.45, 2.75) is 59.3 Å². The zero-order chi connectivity index (χ0) is 29.7. The summed E-state index contributed by atoms with van der Waals surface area (Å²) in [5.41, 5.74) is 4.11. The van der Waals surface area contributed by atoms with Gasteiger partial charge in [0.2, 0.25) is 0 Å². The van der Waals surface area contributed by atoms with Crippen LogP contribution in [0.5, 0.6) is 11.5 Å². The van der Waals surface area contributed by atoms with Crippen LogP contribution >= 0.6 is 27.5 Å². The lowest BCUT2D eigenvalue weighted by atomic mass is 9.64. The molecule has 0 spiro atoms. The van der Waals surface area contributed by atoms with E-state index in [0.29, 0.717) is 50.7 Å². The number of ketones is 2. The minimum absolute atomic E-state index is 0.0484. The van der Waals surface area contributed by atoms with Gasteiger partial charge < -0.3 is 20.1 Å². The average molecular weight is 642 g/mol. The van der Waals surface area contributed by atoms with Gasteiger partial charge in [-0.05, 0) is 81.6 Å². The summed E-state index contributed by atoms with van der Waals surface area (Å²) in [4.78, 5) is 39.8. The highest BCUT2D eigenvalue weighted by Gasteiger charge is 2.46. The molecule has 1 aliphatic heterocycles. The fourth-order valence-corrected chi connectivity index (χ4v) is 6.84. The van der Waals surface area contributed by atoms with E-state index in [1.54, 1.807) is 24.3 Å². The Balaban J connectivity index is 1.50. The molecular formula is C32H34BrClN2O5. The number of hydrogen-bond donors (Lipinski definition) is 2. The SMILES string of the molecule is COc1cc(C2C3=C(CC(C)(C)CC3=O)NC3=C2C(=O)CC(C)(C)C3)cc(Br)c1OCC(=O)Nc1ccc(Cl)cc1. The number of rotatable bonds is 6. The predicted molar refractivity (Wildman–Crippen MR) is 162 cm³/mol. The number of methoxy groups -OCH3 is 1. The van der Waals surface area contributed by atoms with Gasteiger partial charge in [-0.2, -0.15) is 0 Å². The number of nitrogens with one attached hydrogen (secondary N) is 2. The number of carbonyl (C=O) groups is 3. The molecule has 0 radical (unpaired) electrons. The molecule has 1 amide bonds. The summed E-state index contributed by atoms with van der Waals surface area (Å²) >= 11 is 9.53. The molecule has 7 nitrogen and oxygen atoms in total. The van der Waals surface area contributed by atoms with Crippen molar-refractivity contribution in [3.05, 3.63) is 74.0 Å². The first-order valence-corrected chi connectivity index (χ1v) is 14.8.